The van der Waals surface area contributed by atoms with E-state index in [1.165, 1.54) is 7.11 Å². The molecule has 0 rings (SSSR count). The first-order valence-corrected chi connectivity index (χ1v) is 2.91. The van der Waals surface area contributed by atoms with Gasteiger partial charge in [0, 0.05) is 6.42 Å². The Hall–Kier alpha value is -1.01. The van der Waals surface area contributed by atoms with Gasteiger partial charge in [-0.1, -0.05) is 0 Å². The second-order valence-electron chi connectivity index (χ2n) is 1.78. The molecule has 0 aromatic heterocycles. The number of carbonyl (C=O) groups excluding carboxylic acids is 1. The minimum atomic E-state index is -1.07. The maximum Gasteiger partial charge on any atom is 0.334 e. The predicted octanol–water partition coefficient (Wildman–Crippen LogP) is -0.0663. The standard InChI is InChI=1S/C7H10O3/c1-3-4-5-6(8)7(9)10-2/h1,6,8H,4-5H2,2H3. The average molecular weight is 142 g/mol. The maximum atomic E-state index is 10.5. The summed E-state index contributed by atoms with van der Waals surface area (Å²) in [5.74, 6) is 1.68. The van der Waals surface area contributed by atoms with Gasteiger partial charge in [0.1, 0.15) is 0 Å². The first-order chi connectivity index (χ1) is 4.72. The number of hydrogen-bond donors (Lipinski definition) is 1. The van der Waals surface area contributed by atoms with Gasteiger partial charge in [-0.3, -0.25) is 0 Å². The Kier molecular flexibility index (Phi) is 4.34. The van der Waals surface area contributed by atoms with Crippen molar-refractivity contribution in [2.45, 2.75) is 18.9 Å². The van der Waals surface area contributed by atoms with Crippen molar-refractivity contribution in [3.63, 3.8) is 0 Å². The van der Waals surface area contributed by atoms with Crippen LogP contribution in [-0.4, -0.2) is 24.3 Å². The summed E-state index contributed by atoms with van der Waals surface area (Å²) in [5, 5.41) is 8.88. The van der Waals surface area contributed by atoms with E-state index in [9.17, 15) is 4.79 Å². The first-order valence-electron chi connectivity index (χ1n) is 2.91. The van der Waals surface area contributed by atoms with Gasteiger partial charge in [0.15, 0.2) is 6.10 Å². The highest BCUT2D eigenvalue weighted by Crippen LogP contribution is 1.96. The Balaban J connectivity index is 3.53. The van der Waals surface area contributed by atoms with Crippen LogP contribution in [-0.2, 0) is 9.53 Å². The number of terminal acetylenes is 1. The molecule has 1 atom stereocenters. The molecule has 3 nitrogen and oxygen atoms in total. The summed E-state index contributed by atoms with van der Waals surface area (Å²) in [6, 6.07) is 0. The van der Waals surface area contributed by atoms with E-state index in [1.807, 2.05) is 0 Å². The molecule has 0 heterocycles. The fourth-order valence-corrected chi connectivity index (χ4v) is 0.474. The largest absolute Gasteiger partial charge is 0.467 e. The molecular weight excluding hydrogens is 132 g/mol. The lowest BCUT2D eigenvalue weighted by Crippen LogP contribution is -2.21. The van der Waals surface area contributed by atoms with Gasteiger partial charge in [-0.15, -0.1) is 12.3 Å². The van der Waals surface area contributed by atoms with Crippen LogP contribution in [0.15, 0.2) is 0 Å². The lowest BCUT2D eigenvalue weighted by molar-refractivity contribution is -0.150. The lowest BCUT2D eigenvalue weighted by atomic mass is 10.2. The van der Waals surface area contributed by atoms with Crippen LogP contribution in [0.3, 0.4) is 0 Å². The second kappa shape index (κ2) is 4.83. The normalized spacial score (nSPS) is 11.7. The molecule has 0 saturated carbocycles. The number of aliphatic hydroxyl groups is 1. The summed E-state index contributed by atoms with van der Waals surface area (Å²) in [7, 11) is 1.22. The summed E-state index contributed by atoms with van der Waals surface area (Å²) >= 11 is 0. The van der Waals surface area contributed by atoms with Crippen LogP contribution in [0.2, 0.25) is 0 Å². The van der Waals surface area contributed by atoms with Crippen LogP contribution in [0, 0.1) is 12.3 Å². The van der Waals surface area contributed by atoms with Crippen LogP contribution in [0.25, 0.3) is 0 Å². The van der Waals surface area contributed by atoms with Crippen LogP contribution in [0.1, 0.15) is 12.8 Å². The smallest absolute Gasteiger partial charge is 0.334 e. The second-order valence-corrected chi connectivity index (χ2v) is 1.78. The van der Waals surface area contributed by atoms with Crippen LogP contribution in [0.5, 0.6) is 0 Å². The molecule has 0 spiro atoms. The zero-order chi connectivity index (χ0) is 7.98. The summed E-state index contributed by atoms with van der Waals surface area (Å²) in [5.41, 5.74) is 0. The Bertz CT molecular complexity index is 145. The molecule has 0 radical (unpaired) electrons. The number of hydrogen-bond acceptors (Lipinski definition) is 3. The molecular formula is C7H10O3. The number of esters is 1. The molecule has 0 aromatic carbocycles. The van der Waals surface area contributed by atoms with E-state index in [-0.39, 0.29) is 6.42 Å². The molecule has 1 unspecified atom stereocenters. The molecule has 0 aliphatic rings. The van der Waals surface area contributed by atoms with Gasteiger partial charge in [0.2, 0.25) is 0 Å². The highest BCUT2D eigenvalue weighted by molar-refractivity contribution is 5.74. The van der Waals surface area contributed by atoms with Gasteiger partial charge in [-0.25, -0.2) is 4.79 Å². The van der Waals surface area contributed by atoms with Crippen LogP contribution >= 0.6 is 0 Å². The fourth-order valence-electron chi connectivity index (χ4n) is 0.474. The molecule has 0 amide bonds. The summed E-state index contributed by atoms with van der Waals surface area (Å²) in [6.45, 7) is 0. The van der Waals surface area contributed by atoms with Crippen molar-refractivity contribution in [1.29, 1.82) is 0 Å². The zero-order valence-electron chi connectivity index (χ0n) is 5.83. The Morgan fingerprint density at radius 1 is 1.90 bits per heavy atom. The maximum absolute atomic E-state index is 10.5. The first kappa shape index (κ1) is 8.99. The highest BCUT2D eigenvalue weighted by atomic mass is 16.5. The third-order valence-corrected chi connectivity index (χ3v) is 1.04. The summed E-state index contributed by atoms with van der Waals surface area (Å²) in [6.07, 6.45) is 4.49. The van der Waals surface area contributed by atoms with E-state index < -0.39 is 12.1 Å². The number of aliphatic hydroxyl groups excluding tert-OH is 1. The molecule has 0 aliphatic heterocycles. The van der Waals surface area contributed by atoms with E-state index in [0.29, 0.717) is 6.42 Å². The molecule has 0 aliphatic carbocycles. The van der Waals surface area contributed by atoms with Gasteiger partial charge in [0.25, 0.3) is 0 Å². The Labute approximate surface area is 60.0 Å². The molecule has 56 valence electrons. The van der Waals surface area contributed by atoms with Crippen molar-refractivity contribution >= 4 is 5.97 Å². The minimum absolute atomic E-state index is 0.267. The van der Waals surface area contributed by atoms with Gasteiger partial charge < -0.3 is 9.84 Å². The molecule has 0 bridgehead atoms. The predicted molar refractivity (Wildman–Crippen MR) is 36.1 cm³/mol. The lowest BCUT2D eigenvalue weighted by Gasteiger charge is -2.04. The number of methoxy groups -OCH3 is 1. The molecule has 0 aromatic rings. The number of ether oxygens (including phenoxy) is 1. The SMILES string of the molecule is C#CCCC(O)C(=O)OC. The zero-order valence-corrected chi connectivity index (χ0v) is 5.83. The molecule has 0 fully saturated rings. The Morgan fingerprint density at radius 3 is 2.90 bits per heavy atom. The number of carbonyl (C=O) groups is 1. The van der Waals surface area contributed by atoms with Crippen LogP contribution in [0.4, 0.5) is 0 Å². The minimum Gasteiger partial charge on any atom is -0.467 e. The molecule has 0 saturated heterocycles. The molecule has 10 heavy (non-hydrogen) atoms. The molecule has 3 heteroatoms. The van der Waals surface area contributed by atoms with E-state index in [2.05, 4.69) is 10.7 Å². The third kappa shape index (κ3) is 3.10. The van der Waals surface area contributed by atoms with Gasteiger partial charge in [0.05, 0.1) is 7.11 Å². The Morgan fingerprint density at radius 2 is 2.50 bits per heavy atom. The van der Waals surface area contributed by atoms with Crippen molar-refractivity contribution in [2.24, 2.45) is 0 Å². The fraction of sp³-hybridized carbons (Fsp3) is 0.571. The van der Waals surface area contributed by atoms with Gasteiger partial charge >= 0.3 is 5.97 Å². The van der Waals surface area contributed by atoms with E-state index in [1.54, 1.807) is 0 Å². The van der Waals surface area contributed by atoms with Crippen molar-refractivity contribution in [3.05, 3.63) is 0 Å². The molecule has 1 N–H and O–H groups in total. The van der Waals surface area contributed by atoms with Crippen molar-refractivity contribution in [2.75, 3.05) is 7.11 Å². The van der Waals surface area contributed by atoms with E-state index in [0.717, 1.165) is 0 Å². The summed E-state index contributed by atoms with van der Waals surface area (Å²) < 4.78 is 4.25. The average Bonchev–Trinajstić information content (AvgIpc) is 1.98. The van der Waals surface area contributed by atoms with Crippen LogP contribution < -0.4 is 0 Å². The van der Waals surface area contributed by atoms with Gasteiger partial charge in [-0.2, -0.15) is 0 Å². The van der Waals surface area contributed by atoms with Crippen molar-refractivity contribution in [1.82, 2.24) is 0 Å². The van der Waals surface area contributed by atoms with Crippen molar-refractivity contribution in [3.8, 4) is 12.3 Å². The van der Waals surface area contributed by atoms with Crippen molar-refractivity contribution < 1.29 is 14.6 Å². The highest BCUT2D eigenvalue weighted by Gasteiger charge is 2.13. The monoisotopic (exact) mass is 142 g/mol. The number of rotatable bonds is 3. The summed E-state index contributed by atoms with van der Waals surface area (Å²) in [4.78, 5) is 10.5. The third-order valence-electron chi connectivity index (χ3n) is 1.04. The quantitative estimate of drug-likeness (QED) is 0.443. The van der Waals surface area contributed by atoms with Gasteiger partial charge in [-0.05, 0) is 6.42 Å². The topological polar surface area (TPSA) is 46.5 Å². The van der Waals surface area contributed by atoms with E-state index >= 15 is 0 Å². The van der Waals surface area contributed by atoms with E-state index in [4.69, 9.17) is 11.5 Å².